The number of aromatic amines is 1. The van der Waals surface area contributed by atoms with Crippen molar-refractivity contribution < 1.29 is 4.79 Å². The molecule has 112 valence electrons. The summed E-state index contributed by atoms with van der Waals surface area (Å²) in [6.45, 7) is 2.23. The molecular formula is C18H24N2O. The average molecular weight is 284 g/mol. The number of unbranched alkanes of at least 4 members (excludes halogenated alkanes) is 3. The first-order valence-corrected chi connectivity index (χ1v) is 8.14. The van der Waals surface area contributed by atoms with Crippen molar-refractivity contribution in [3.05, 3.63) is 35.5 Å². The van der Waals surface area contributed by atoms with E-state index in [9.17, 15) is 4.79 Å². The van der Waals surface area contributed by atoms with E-state index in [1.807, 2.05) is 0 Å². The van der Waals surface area contributed by atoms with Gasteiger partial charge in [0, 0.05) is 22.6 Å². The van der Waals surface area contributed by atoms with Gasteiger partial charge >= 0.3 is 0 Å². The van der Waals surface area contributed by atoms with Crippen molar-refractivity contribution in [3.63, 3.8) is 0 Å². The van der Waals surface area contributed by atoms with E-state index in [1.54, 1.807) is 0 Å². The minimum atomic E-state index is -0.0483. The predicted octanol–water partition coefficient (Wildman–Crippen LogP) is 3.89. The number of aldehydes is 1. The van der Waals surface area contributed by atoms with E-state index in [-0.39, 0.29) is 12.1 Å². The molecule has 3 rings (SSSR count). The Bertz CT molecular complexity index is 617. The second kappa shape index (κ2) is 6.44. The Morgan fingerprint density at radius 3 is 2.90 bits per heavy atom. The van der Waals surface area contributed by atoms with Crippen LogP contribution in [0.25, 0.3) is 10.9 Å². The molecule has 0 unspecified atom stereocenters. The average Bonchev–Trinajstić information content (AvgIpc) is 2.90. The number of benzene rings is 1. The van der Waals surface area contributed by atoms with Gasteiger partial charge < -0.3 is 9.78 Å². The van der Waals surface area contributed by atoms with Gasteiger partial charge in [-0.15, -0.1) is 0 Å². The lowest BCUT2D eigenvalue weighted by Crippen LogP contribution is -2.40. The van der Waals surface area contributed by atoms with Crippen LogP contribution < -0.4 is 5.32 Å². The molecule has 1 aromatic carbocycles. The van der Waals surface area contributed by atoms with Crippen LogP contribution in [0.15, 0.2) is 24.3 Å². The van der Waals surface area contributed by atoms with Gasteiger partial charge in [0.15, 0.2) is 0 Å². The van der Waals surface area contributed by atoms with Gasteiger partial charge in [0.2, 0.25) is 0 Å². The van der Waals surface area contributed by atoms with Gasteiger partial charge in [0.25, 0.3) is 0 Å². The lowest BCUT2D eigenvalue weighted by Gasteiger charge is -2.28. The van der Waals surface area contributed by atoms with E-state index in [4.69, 9.17) is 0 Å². The van der Waals surface area contributed by atoms with Crippen LogP contribution in [0.3, 0.4) is 0 Å². The first-order chi connectivity index (χ1) is 10.3. The highest BCUT2D eigenvalue weighted by molar-refractivity contribution is 5.85. The van der Waals surface area contributed by atoms with Crippen LogP contribution in [0.2, 0.25) is 0 Å². The van der Waals surface area contributed by atoms with E-state index in [2.05, 4.69) is 41.5 Å². The molecule has 21 heavy (non-hydrogen) atoms. The molecule has 0 saturated carbocycles. The van der Waals surface area contributed by atoms with Gasteiger partial charge in [-0.2, -0.15) is 0 Å². The van der Waals surface area contributed by atoms with Crippen molar-refractivity contribution in [2.75, 3.05) is 0 Å². The summed E-state index contributed by atoms with van der Waals surface area (Å²) in [4.78, 5) is 14.9. The molecule has 0 bridgehead atoms. The molecule has 2 N–H and O–H groups in total. The number of para-hydroxylation sites is 1. The van der Waals surface area contributed by atoms with E-state index < -0.39 is 0 Å². The van der Waals surface area contributed by atoms with Crippen LogP contribution in [-0.2, 0) is 11.2 Å². The molecule has 2 atom stereocenters. The number of hydrogen-bond acceptors (Lipinski definition) is 2. The van der Waals surface area contributed by atoms with E-state index in [0.717, 1.165) is 19.1 Å². The molecule has 3 nitrogen and oxygen atoms in total. The lowest BCUT2D eigenvalue weighted by molar-refractivity contribution is -0.109. The fourth-order valence-corrected chi connectivity index (χ4v) is 3.45. The maximum Gasteiger partial charge on any atom is 0.137 e. The van der Waals surface area contributed by atoms with Crippen LogP contribution in [0.5, 0.6) is 0 Å². The van der Waals surface area contributed by atoms with Crippen molar-refractivity contribution in [3.8, 4) is 0 Å². The lowest BCUT2D eigenvalue weighted by atomic mass is 9.92. The Morgan fingerprint density at radius 2 is 2.10 bits per heavy atom. The molecule has 0 fully saturated rings. The highest BCUT2D eigenvalue weighted by Crippen LogP contribution is 2.33. The molecule has 0 aliphatic carbocycles. The first-order valence-electron chi connectivity index (χ1n) is 8.14. The zero-order valence-corrected chi connectivity index (χ0v) is 12.7. The molecule has 1 aromatic heterocycles. The molecule has 0 radical (unpaired) electrons. The fourth-order valence-electron chi connectivity index (χ4n) is 3.45. The molecule has 3 heteroatoms. The highest BCUT2D eigenvalue weighted by atomic mass is 16.1. The van der Waals surface area contributed by atoms with Crippen LogP contribution in [0, 0.1) is 0 Å². The first kappa shape index (κ1) is 14.3. The zero-order valence-electron chi connectivity index (χ0n) is 12.7. The summed E-state index contributed by atoms with van der Waals surface area (Å²) in [6, 6.07) is 8.65. The van der Waals surface area contributed by atoms with Crippen LogP contribution in [0.1, 0.15) is 56.3 Å². The second-order valence-corrected chi connectivity index (χ2v) is 6.08. The van der Waals surface area contributed by atoms with E-state index in [0.29, 0.717) is 0 Å². The highest BCUT2D eigenvalue weighted by Gasteiger charge is 2.28. The Morgan fingerprint density at radius 1 is 1.24 bits per heavy atom. The summed E-state index contributed by atoms with van der Waals surface area (Å²) >= 11 is 0. The molecule has 1 aliphatic heterocycles. The van der Waals surface area contributed by atoms with E-state index in [1.165, 1.54) is 47.8 Å². The number of H-pyrrole nitrogens is 1. The standard InChI is InChI=1S/C18H24N2O/c1-2-3-4-5-10-17-18-15(11-13(12-21)19-17)14-8-6-7-9-16(14)20-18/h6-9,12-13,17,19-20H,2-5,10-11H2,1H3/t13-,17-/m0/s1. The van der Waals surface area contributed by atoms with Crippen molar-refractivity contribution in [1.82, 2.24) is 10.3 Å². The number of carbonyl (C=O) groups excluding carboxylic acids is 1. The van der Waals surface area contributed by atoms with Gasteiger partial charge in [0.1, 0.15) is 6.29 Å². The Labute approximate surface area is 126 Å². The Balaban J connectivity index is 1.86. The third kappa shape index (κ3) is 2.88. The third-order valence-corrected chi connectivity index (χ3v) is 4.55. The van der Waals surface area contributed by atoms with Crippen LogP contribution in [0.4, 0.5) is 0 Å². The SMILES string of the molecule is CCCCCC[C@@H]1N[C@H](C=O)Cc2c1[nH]c1ccccc21. The maximum atomic E-state index is 11.3. The minimum Gasteiger partial charge on any atom is -0.357 e. The molecule has 2 heterocycles. The second-order valence-electron chi connectivity index (χ2n) is 6.08. The number of hydrogen-bond donors (Lipinski definition) is 2. The topological polar surface area (TPSA) is 44.9 Å². The largest absolute Gasteiger partial charge is 0.357 e. The Kier molecular flexibility index (Phi) is 4.39. The zero-order chi connectivity index (χ0) is 14.7. The molecular weight excluding hydrogens is 260 g/mol. The molecule has 0 amide bonds. The molecule has 1 aliphatic rings. The quantitative estimate of drug-likeness (QED) is 0.624. The monoisotopic (exact) mass is 284 g/mol. The fraction of sp³-hybridized carbons (Fsp3) is 0.500. The number of carbonyl (C=O) groups is 1. The van der Waals surface area contributed by atoms with Crippen molar-refractivity contribution in [2.24, 2.45) is 0 Å². The summed E-state index contributed by atoms with van der Waals surface area (Å²) in [6.07, 6.45) is 8.00. The molecule has 0 spiro atoms. The molecule has 2 aromatic rings. The van der Waals surface area contributed by atoms with E-state index >= 15 is 0 Å². The van der Waals surface area contributed by atoms with Crippen molar-refractivity contribution >= 4 is 17.2 Å². The number of aromatic nitrogens is 1. The third-order valence-electron chi connectivity index (χ3n) is 4.55. The summed E-state index contributed by atoms with van der Waals surface area (Å²) in [7, 11) is 0. The van der Waals surface area contributed by atoms with Crippen molar-refractivity contribution in [2.45, 2.75) is 57.5 Å². The minimum absolute atomic E-state index is 0.0483. The summed E-state index contributed by atoms with van der Waals surface area (Å²) in [5.74, 6) is 0. The summed E-state index contributed by atoms with van der Waals surface area (Å²) in [5, 5.41) is 4.78. The van der Waals surface area contributed by atoms with Gasteiger partial charge in [-0.25, -0.2) is 0 Å². The molecule has 0 saturated heterocycles. The maximum absolute atomic E-state index is 11.3. The summed E-state index contributed by atoms with van der Waals surface area (Å²) < 4.78 is 0. The van der Waals surface area contributed by atoms with Gasteiger partial charge in [-0.1, -0.05) is 50.8 Å². The van der Waals surface area contributed by atoms with Crippen molar-refractivity contribution in [1.29, 1.82) is 0 Å². The number of rotatable bonds is 6. The van der Waals surface area contributed by atoms with Crippen LogP contribution >= 0.6 is 0 Å². The summed E-state index contributed by atoms with van der Waals surface area (Å²) in [5.41, 5.74) is 3.82. The number of fused-ring (bicyclic) bond motifs is 3. The smallest absolute Gasteiger partial charge is 0.137 e. The van der Waals surface area contributed by atoms with Gasteiger partial charge in [-0.05, 0) is 24.5 Å². The Hall–Kier alpha value is -1.61. The number of nitrogens with one attached hydrogen (secondary N) is 2. The van der Waals surface area contributed by atoms with Crippen LogP contribution in [-0.4, -0.2) is 17.3 Å². The predicted molar refractivity (Wildman–Crippen MR) is 86.5 cm³/mol. The van der Waals surface area contributed by atoms with Gasteiger partial charge in [-0.3, -0.25) is 5.32 Å². The normalized spacial score (nSPS) is 21.4. The van der Waals surface area contributed by atoms with Gasteiger partial charge in [0.05, 0.1) is 6.04 Å².